The van der Waals surface area contributed by atoms with E-state index in [0.717, 1.165) is 57.8 Å². The largest absolute Gasteiger partial charge is 0.472 e. The first-order chi connectivity index (χ1) is 26.4. The van der Waals surface area contributed by atoms with Crippen LogP contribution in [0.4, 0.5) is 0 Å². The van der Waals surface area contributed by atoms with Gasteiger partial charge in [-0.3, -0.25) is 13.8 Å². The van der Waals surface area contributed by atoms with Gasteiger partial charge < -0.3 is 24.9 Å². The molecule has 2 unspecified atom stereocenters. The van der Waals surface area contributed by atoms with Crippen molar-refractivity contribution in [2.75, 3.05) is 40.9 Å². The Morgan fingerprint density at radius 3 is 1.95 bits per heavy atom. The molecule has 55 heavy (non-hydrogen) atoms. The van der Waals surface area contributed by atoms with Gasteiger partial charge in [0.2, 0.25) is 5.91 Å². The quantitative estimate of drug-likeness (QED) is 0.0166. The summed E-state index contributed by atoms with van der Waals surface area (Å²) in [6.07, 6.45) is 46.6. The molecule has 9 nitrogen and oxygen atoms in total. The van der Waals surface area contributed by atoms with Crippen LogP contribution in [0.1, 0.15) is 123 Å². The highest BCUT2D eigenvalue weighted by molar-refractivity contribution is 7.47. The monoisotopic (exact) mass is 790 g/mol. The van der Waals surface area contributed by atoms with E-state index in [0.29, 0.717) is 23.9 Å². The van der Waals surface area contributed by atoms with Crippen molar-refractivity contribution in [1.29, 1.82) is 0 Å². The van der Waals surface area contributed by atoms with Crippen LogP contribution < -0.4 is 5.32 Å². The van der Waals surface area contributed by atoms with E-state index in [1.54, 1.807) is 12.2 Å². The van der Waals surface area contributed by atoms with Crippen molar-refractivity contribution in [2.24, 2.45) is 0 Å². The minimum Gasteiger partial charge on any atom is -0.389 e. The summed E-state index contributed by atoms with van der Waals surface area (Å²) in [5.74, 6) is -0.288. The van der Waals surface area contributed by atoms with E-state index < -0.39 is 26.1 Å². The van der Waals surface area contributed by atoms with Crippen LogP contribution in [0.2, 0.25) is 0 Å². The zero-order valence-corrected chi connectivity index (χ0v) is 35.9. The van der Waals surface area contributed by atoms with Crippen molar-refractivity contribution in [3.05, 3.63) is 97.2 Å². The lowest BCUT2D eigenvalue weighted by Gasteiger charge is -2.25. The number of quaternary nitrogens is 1. The summed E-state index contributed by atoms with van der Waals surface area (Å²) in [5, 5.41) is 23.7. The summed E-state index contributed by atoms with van der Waals surface area (Å²) in [5.41, 5.74) is 0. The normalized spacial score (nSPS) is 16.0. The number of hydrogen-bond acceptors (Lipinski definition) is 6. The second-order valence-electron chi connectivity index (χ2n) is 14.8. The number of amides is 1. The first-order valence-corrected chi connectivity index (χ1v) is 22.2. The topological polar surface area (TPSA) is 125 Å². The molecular formula is C45H78N2O7P+. The first kappa shape index (κ1) is 52.4. The van der Waals surface area contributed by atoms with Gasteiger partial charge in [0.05, 0.1) is 46.0 Å². The van der Waals surface area contributed by atoms with Gasteiger partial charge in [0, 0.05) is 6.42 Å². The molecule has 1 amide bonds. The molecule has 0 aliphatic heterocycles. The lowest BCUT2D eigenvalue weighted by atomic mass is 10.1. The Kier molecular flexibility index (Phi) is 34.1. The Morgan fingerprint density at radius 1 is 0.691 bits per heavy atom. The Labute approximate surface area is 335 Å². The van der Waals surface area contributed by atoms with Gasteiger partial charge in [-0.05, 0) is 70.6 Å². The molecule has 0 aliphatic carbocycles. The van der Waals surface area contributed by atoms with Gasteiger partial charge in [-0.15, -0.1) is 0 Å². The maximum atomic E-state index is 12.8. The summed E-state index contributed by atoms with van der Waals surface area (Å²) in [6.45, 7) is 4.47. The predicted octanol–water partition coefficient (Wildman–Crippen LogP) is 10.2. The van der Waals surface area contributed by atoms with Crippen molar-refractivity contribution < 1.29 is 38.0 Å². The van der Waals surface area contributed by atoms with Crippen LogP contribution in [0.15, 0.2) is 97.2 Å². The van der Waals surface area contributed by atoms with Gasteiger partial charge >= 0.3 is 7.82 Å². The van der Waals surface area contributed by atoms with E-state index in [9.17, 15) is 24.5 Å². The fourth-order valence-corrected chi connectivity index (χ4v) is 5.77. The lowest BCUT2D eigenvalue weighted by molar-refractivity contribution is -0.870. The minimum atomic E-state index is -4.37. The maximum Gasteiger partial charge on any atom is 0.472 e. The average molecular weight is 790 g/mol. The zero-order valence-electron chi connectivity index (χ0n) is 35.0. The smallest absolute Gasteiger partial charge is 0.389 e. The van der Waals surface area contributed by atoms with Gasteiger partial charge in [0.1, 0.15) is 13.2 Å². The van der Waals surface area contributed by atoms with Crippen LogP contribution >= 0.6 is 7.82 Å². The summed E-state index contributed by atoms with van der Waals surface area (Å²) in [6, 6.07) is -0.912. The summed E-state index contributed by atoms with van der Waals surface area (Å²) in [7, 11) is 1.47. The van der Waals surface area contributed by atoms with E-state index in [1.807, 2.05) is 63.7 Å². The molecule has 0 aliphatic rings. The highest BCUT2D eigenvalue weighted by Crippen LogP contribution is 2.43. The number of phosphoric acid groups is 1. The number of allylic oxidation sites excluding steroid dienone is 13. The molecule has 0 aromatic rings. The van der Waals surface area contributed by atoms with Gasteiger partial charge in [-0.2, -0.15) is 0 Å². The van der Waals surface area contributed by atoms with Crippen molar-refractivity contribution >= 4 is 13.7 Å². The van der Waals surface area contributed by atoms with Crippen LogP contribution in [-0.4, -0.2) is 84.6 Å². The predicted molar refractivity (Wildman–Crippen MR) is 232 cm³/mol. The molecule has 4 N–H and O–H groups in total. The molecule has 314 valence electrons. The zero-order chi connectivity index (χ0) is 40.9. The molecule has 0 radical (unpaired) electrons. The van der Waals surface area contributed by atoms with Gasteiger partial charge in [0.25, 0.3) is 0 Å². The summed E-state index contributed by atoms with van der Waals surface area (Å²) < 4.78 is 23.4. The Hall–Kier alpha value is -2.62. The fraction of sp³-hybridized carbons (Fsp3) is 0.622. The van der Waals surface area contributed by atoms with Crippen molar-refractivity contribution in [3.8, 4) is 0 Å². The van der Waals surface area contributed by atoms with Gasteiger partial charge in [-0.25, -0.2) is 4.57 Å². The minimum absolute atomic E-state index is 0.0312. The molecule has 0 saturated carbocycles. The Balaban J connectivity index is 4.70. The third-order valence-electron chi connectivity index (χ3n) is 8.35. The number of carbonyl (C=O) groups excluding carboxylic acids is 1. The number of nitrogens with one attached hydrogen (secondary N) is 1. The molecule has 0 bridgehead atoms. The summed E-state index contributed by atoms with van der Waals surface area (Å²) >= 11 is 0. The number of nitrogens with zero attached hydrogens (tertiary/aromatic N) is 1. The van der Waals surface area contributed by atoms with Crippen molar-refractivity contribution in [3.63, 3.8) is 0 Å². The molecule has 0 aromatic carbocycles. The first-order valence-electron chi connectivity index (χ1n) is 20.7. The standard InChI is InChI=1S/C45H77N2O7P/c1-6-8-10-12-14-15-16-17-18-22-25-29-33-37-44(49)43(41-54-55(51,52)53-40-39-47(3,4)5)46-45(50)38-34-30-26-23-20-19-21-24-28-32-36-42(48)35-31-27-13-11-9-7-2/h9-12,19-20,24,26-28,30-33,36-37,42-44,48-49H,6-8,13-18,21-23,25,29,34-35,38-41H2,1-5H3,(H-,46,50,51,52)/p+1/b11-9-,12-10-,20-19-,28-24-,30-26-,31-27-,36-32+,37-33+/t42?,43-,44+/m0/s1. The highest BCUT2D eigenvalue weighted by Gasteiger charge is 2.27. The molecule has 0 saturated heterocycles. The average Bonchev–Trinajstić information content (AvgIpc) is 3.13. The third-order valence-corrected chi connectivity index (χ3v) is 9.34. The molecule has 0 heterocycles. The number of rotatable bonds is 35. The van der Waals surface area contributed by atoms with Crippen LogP contribution in [0, 0.1) is 0 Å². The van der Waals surface area contributed by atoms with Crippen LogP contribution in [-0.2, 0) is 18.4 Å². The van der Waals surface area contributed by atoms with Crippen LogP contribution in [0.25, 0.3) is 0 Å². The number of carbonyl (C=O) groups is 1. The molecule has 0 aromatic heterocycles. The Bertz CT molecular complexity index is 1230. The number of phosphoric ester groups is 1. The number of aliphatic hydroxyl groups is 2. The molecule has 0 fully saturated rings. The fourth-order valence-electron chi connectivity index (χ4n) is 5.03. The van der Waals surface area contributed by atoms with E-state index in [2.05, 4.69) is 61.7 Å². The third kappa shape index (κ3) is 38.1. The molecular weight excluding hydrogens is 711 g/mol. The number of hydrogen-bond donors (Lipinski definition) is 4. The molecule has 0 rings (SSSR count). The number of likely N-dealkylation sites (N-methyl/N-ethyl adjacent to an activating group) is 1. The van der Waals surface area contributed by atoms with Crippen LogP contribution in [0.3, 0.4) is 0 Å². The second-order valence-corrected chi connectivity index (χ2v) is 16.3. The van der Waals surface area contributed by atoms with Crippen molar-refractivity contribution in [2.45, 2.75) is 141 Å². The highest BCUT2D eigenvalue weighted by atomic mass is 31.2. The van der Waals surface area contributed by atoms with Gasteiger partial charge in [0.15, 0.2) is 0 Å². The SMILES string of the molecule is CC/C=C\C/C=C\CC(O)/C=C/C=C\C/C=C\C/C=C\CCC(=O)N[C@@H](COP(=O)(O)OCC[N+](C)(C)C)[C@H](O)/C=C/CCCCCCCC/C=C\CCC. The number of unbranched alkanes of at least 4 members (excludes halogenated alkanes) is 8. The number of aliphatic hydroxyl groups excluding tert-OH is 2. The van der Waals surface area contributed by atoms with E-state index >= 15 is 0 Å². The van der Waals surface area contributed by atoms with Crippen LogP contribution in [0.5, 0.6) is 0 Å². The van der Waals surface area contributed by atoms with E-state index in [4.69, 9.17) is 9.05 Å². The van der Waals surface area contributed by atoms with Crippen molar-refractivity contribution in [1.82, 2.24) is 5.32 Å². The molecule has 10 heteroatoms. The molecule has 4 atom stereocenters. The van der Waals surface area contributed by atoms with Gasteiger partial charge in [-0.1, -0.05) is 143 Å². The second kappa shape index (κ2) is 35.8. The Morgan fingerprint density at radius 2 is 1.27 bits per heavy atom. The molecule has 0 spiro atoms. The maximum absolute atomic E-state index is 12.8. The lowest BCUT2D eigenvalue weighted by Crippen LogP contribution is -2.45. The van der Waals surface area contributed by atoms with E-state index in [-0.39, 0.29) is 25.5 Å². The van der Waals surface area contributed by atoms with E-state index in [1.165, 1.54) is 32.1 Å². The summed E-state index contributed by atoms with van der Waals surface area (Å²) in [4.78, 5) is 23.0.